The molecule has 0 radical (unpaired) electrons. The number of azo groups is 3. The number of nitrogen functional groups attached to an aromatic ring is 1. The van der Waals surface area contributed by atoms with Crippen molar-refractivity contribution in [2.45, 2.75) is 19.6 Å². The van der Waals surface area contributed by atoms with Gasteiger partial charge in [-0.25, -0.2) is 13.7 Å². The smallest absolute Gasteiger partial charge is 0.433 e. The maximum atomic E-state index is 12.7. The first kappa shape index (κ1) is 45.8. The number of nitrogens with zero attached hydrogens (tertiary/aromatic N) is 6. The van der Waals surface area contributed by atoms with E-state index >= 15 is 0 Å². The molecule has 5 rings (SSSR count). The van der Waals surface area contributed by atoms with Gasteiger partial charge in [-0.3, -0.25) is 9.44 Å². The summed E-state index contributed by atoms with van der Waals surface area (Å²) in [7, 11) is -11.6. The average Bonchev–Trinajstić information content (AvgIpc) is 3.20. The normalized spacial score (nSPS) is 12.7. The number of rotatable bonds is 17. The summed E-state index contributed by atoms with van der Waals surface area (Å²) in [6.07, 6.45) is 1.94. The summed E-state index contributed by atoms with van der Waals surface area (Å²) >= 11 is 1.42. The number of nitrogens with two attached hydrogens (primary N) is 1. The molecule has 9 N–H and O–H groups in total. The van der Waals surface area contributed by atoms with Crippen LogP contribution in [0.15, 0.2) is 135 Å². The molecule has 0 aliphatic rings. The van der Waals surface area contributed by atoms with Crippen LogP contribution in [-0.4, -0.2) is 64.8 Å². The largest absolute Gasteiger partial charge is 0.505 e. The van der Waals surface area contributed by atoms with Gasteiger partial charge < -0.3 is 29.8 Å². The Labute approximate surface area is 350 Å². The fourth-order valence-electron chi connectivity index (χ4n) is 4.74. The van der Waals surface area contributed by atoms with Gasteiger partial charge in [-0.15, -0.1) is 19.7 Å². The van der Waals surface area contributed by atoms with E-state index in [1.165, 1.54) is 24.3 Å². The second-order valence-corrected chi connectivity index (χ2v) is 17.7. The molecule has 0 atom stereocenters. The summed E-state index contributed by atoms with van der Waals surface area (Å²) in [6.45, 7) is 0.115. The van der Waals surface area contributed by atoms with Gasteiger partial charge in [0, 0.05) is 27.5 Å². The molecule has 0 saturated carbocycles. The standard InChI is InChI=1S/C33H30N8O14S5/c1-35-14-17-58(44,45)24-10-13-28(30(18-24)59(46,47)48)39-40-31-26-19-29(57-54-53-43)32(33(42)25(26)11-12-27(31)34)41-38-21-4-2-20(3-5-21)36-37-22-6-8-23(9-7-22)56-16-15-52-55-60(49,50)51/h2-13,18-19,35,42-43,46-48H,14,17,34H2,1H3,(H,49,50,51). The lowest BCUT2D eigenvalue weighted by molar-refractivity contribution is -0.432. The third kappa shape index (κ3) is 12.6. The van der Waals surface area contributed by atoms with Crippen LogP contribution in [0.25, 0.3) is 10.8 Å². The Balaban J connectivity index is 1.38. The van der Waals surface area contributed by atoms with Crippen molar-refractivity contribution in [1.82, 2.24) is 5.32 Å². The van der Waals surface area contributed by atoms with Crippen LogP contribution < -0.4 is 11.1 Å². The van der Waals surface area contributed by atoms with E-state index in [2.05, 4.69) is 59.8 Å². The molecule has 0 saturated heterocycles. The van der Waals surface area contributed by atoms with Crippen LogP contribution in [-0.2, 0) is 38.8 Å². The lowest BCUT2D eigenvalue weighted by Gasteiger charge is -2.21. The minimum absolute atomic E-state index is 0.0391. The lowest BCUT2D eigenvalue weighted by atomic mass is 10.1. The molecule has 60 heavy (non-hydrogen) atoms. The molecule has 0 aromatic heterocycles. The number of benzene rings is 5. The molecule has 0 aliphatic heterocycles. The SMILES string of the molecule is CNCCS(=O)(=O)c1ccc(N=Nc2c(N)ccc3c(O)c(N=Nc4ccc(N=Nc5ccc(SC#COOS(=O)(=O)O)cc5)cc4)c(SOOO)cc23)c(S(O)(O)O)c1. The fraction of sp³-hybridized carbons (Fsp3) is 0.0909. The third-order valence-electron chi connectivity index (χ3n) is 7.46. The van der Waals surface area contributed by atoms with Crippen LogP contribution in [0.2, 0.25) is 0 Å². The molecule has 0 amide bonds. The van der Waals surface area contributed by atoms with E-state index in [1.54, 1.807) is 55.6 Å². The number of thioether (sulfide) groups is 1. The number of sulfone groups is 1. The molecule has 0 bridgehead atoms. The highest BCUT2D eigenvalue weighted by Crippen LogP contribution is 2.51. The molecule has 5 aromatic carbocycles. The van der Waals surface area contributed by atoms with Gasteiger partial charge in [-0.2, -0.15) is 23.8 Å². The van der Waals surface area contributed by atoms with Gasteiger partial charge in [0.1, 0.15) is 27.9 Å². The van der Waals surface area contributed by atoms with Crippen LogP contribution in [0.5, 0.6) is 5.75 Å². The maximum absolute atomic E-state index is 12.7. The van der Waals surface area contributed by atoms with E-state index in [0.29, 0.717) is 34.0 Å². The molecule has 316 valence electrons. The topological polar surface area (TPSA) is 339 Å². The fourth-order valence-corrected chi connectivity index (χ4v) is 7.84. The zero-order chi connectivity index (χ0) is 43.5. The Morgan fingerprint density at radius 3 is 1.98 bits per heavy atom. The predicted molar refractivity (Wildman–Crippen MR) is 220 cm³/mol. The van der Waals surface area contributed by atoms with Crippen molar-refractivity contribution in [2.75, 3.05) is 25.1 Å². The Morgan fingerprint density at radius 2 is 1.38 bits per heavy atom. The van der Waals surface area contributed by atoms with E-state index in [0.717, 1.165) is 23.9 Å². The summed E-state index contributed by atoms with van der Waals surface area (Å²) in [5, 5.41) is 54.3. The summed E-state index contributed by atoms with van der Waals surface area (Å²) in [6, 6.07) is 20.4. The molecule has 0 spiro atoms. The zero-order valence-corrected chi connectivity index (χ0v) is 34.3. The number of fused-ring (bicyclic) bond motifs is 1. The van der Waals surface area contributed by atoms with Crippen molar-refractivity contribution >= 4 is 105 Å². The van der Waals surface area contributed by atoms with Crippen molar-refractivity contribution in [3.05, 3.63) is 84.9 Å². The quantitative estimate of drug-likeness (QED) is 0.00629. The molecule has 0 unspecified atom stereocenters. The van der Waals surface area contributed by atoms with E-state index in [9.17, 15) is 35.6 Å². The minimum Gasteiger partial charge on any atom is -0.505 e. The van der Waals surface area contributed by atoms with Crippen LogP contribution in [0, 0.1) is 11.4 Å². The van der Waals surface area contributed by atoms with Crippen LogP contribution in [0.3, 0.4) is 0 Å². The monoisotopic (exact) mass is 922 g/mol. The summed E-state index contributed by atoms with van der Waals surface area (Å²) < 4.78 is 93.4. The molecular weight excluding hydrogens is 893 g/mol. The number of phenols is 1. The van der Waals surface area contributed by atoms with Gasteiger partial charge in [0.2, 0.25) is 0 Å². The van der Waals surface area contributed by atoms with Crippen molar-refractivity contribution in [1.29, 1.82) is 0 Å². The Hall–Kier alpha value is -5.29. The molecule has 22 nitrogen and oxygen atoms in total. The van der Waals surface area contributed by atoms with Gasteiger partial charge in [0.25, 0.3) is 0 Å². The first-order chi connectivity index (χ1) is 28.5. The van der Waals surface area contributed by atoms with Gasteiger partial charge >= 0.3 is 10.4 Å². The second kappa shape index (κ2) is 20.3. The number of aromatic hydroxyl groups is 1. The molecule has 0 aliphatic carbocycles. The van der Waals surface area contributed by atoms with Gasteiger partial charge in [-0.05, 0) is 108 Å². The highest BCUT2D eigenvalue weighted by atomic mass is 32.3. The Morgan fingerprint density at radius 1 is 0.767 bits per heavy atom. The predicted octanol–water partition coefficient (Wildman–Crippen LogP) is 9.14. The Kier molecular flexibility index (Phi) is 15.5. The third-order valence-corrected chi connectivity index (χ3v) is 11.6. The van der Waals surface area contributed by atoms with Crippen molar-refractivity contribution < 1.29 is 64.0 Å². The number of nitrogens with one attached hydrogen (secondary N) is 1. The zero-order valence-electron chi connectivity index (χ0n) is 30.2. The van der Waals surface area contributed by atoms with Gasteiger partial charge in [0.05, 0.1) is 55.2 Å². The van der Waals surface area contributed by atoms with E-state index in [1.807, 2.05) is 6.11 Å². The van der Waals surface area contributed by atoms with Gasteiger partial charge in [-0.1, -0.05) is 5.04 Å². The average molecular weight is 923 g/mol. The number of anilines is 1. The number of phenolic OH excluding ortho intramolecular Hbond substituents is 1. The van der Waals surface area contributed by atoms with Crippen LogP contribution in [0.4, 0.5) is 39.8 Å². The maximum Gasteiger partial charge on any atom is 0.433 e. The first-order valence-corrected chi connectivity index (χ1v) is 22.3. The number of hydrogen-bond acceptors (Lipinski definition) is 23. The van der Waals surface area contributed by atoms with Crippen LogP contribution >= 0.6 is 34.7 Å². The molecule has 0 fully saturated rings. The summed E-state index contributed by atoms with van der Waals surface area (Å²) in [5.74, 6) is -0.739. The van der Waals surface area contributed by atoms with Crippen LogP contribution in [0.1, 0.15) is 0 Å². The van der Waals surface area contributed by atoms with Gasteiger partial charge in [0.15, 0.2) is 21.7 Å². The molecule has 5 aromatic rings. The highest BCUT2D eigenvalue weighted by molar-refractivity contribution is 8.19. The Bertz CT molecular complexity index is 2730. The second-order valence-electron chi connectivity index (χ2n) is 11.5. The molecule has 0 heterocycles. The number of hydrogen-bond donors (Lipinski definition) is 8. The first-order valence-electron chi connectivity index (χ1n) is 16.2. The molecular formula is C33H30N8O14S5. The molecule has 27 heteroatoms. The van der Waals surface area contributed by atoms with E-state index in [4.69, 9.17) is 15.5 Å². The highest BCUT2D eigenvalue weighted by Gasteiger charge is 2.25. The van der Waals surface area contributed by atoms with Crippen molar-refractivity contribution in [2.24, 2.45) is 30.7 Å². The van der Waals surface area contributed by atoms with E-state index < -0.39 is 41.8 Å². The lowest BCUT2D eigenvalue weighted by Crippen LogP contribution is -2.19. The van der Waals surface area contributed by atoms with Crippen molar-refractivity contribution in [3.8, 4) is 17.1 Å². The van der Waals surface area contributed by atoms with Crippen molar-refractivity contribution in [3.63, 3.8) is 0 Å². The minimum atomic E-state index is -4.78. The van der Waals surface area contributed by atoms with E-state index in [-0.39, 0.29) is 55.6 Å². The summed E-state index contributed by atoms with van der Waals surface area (Å²) in [4.78, 5) is 3.84. The summed E-state index contributed by atoms with van der Waals surface area (Å²) in [5.41, 5.74) is 7.07.